The van der Waals surface area contributed by atoms with E-state index in [1.54, 1.807) is 6.07 Å². The van der Waals surface area contributed by atoms with Crippen molar-refractivity contribution in [3.8, 4) is 0 Å². The summed E-state index contributed by atoms with van der Waals surface area (Å²) in [7, 11) is 0. The van der Waals surface area contributed by atoms with E-state index >= 15 is 0 Å². The van der Waals surface area contributed by atoms with Crippen molar-refractivity contribution in [2.24, 2.45) is 0 Å². The average molecular weight is 353 g/mol. The van der Waals surface area contributed by atoms with Crippen LogP contribution in [0.25, 0.3) is 11.0 Å². The van der Waals surface area contributed by atoms with E-state index in [0.29, 0.717) is 5.52 Å². The van der Waals surface area contributed by atoms with Crippen molar-refractivity contribution in [3.63, 3.8) is 0 Å². The molecule has 3 aromatic rings. The molecule has 1 saturated heterocycles. The predicted molar refractivity (Wildman–Crippen MR) is 98.8 cm³/mol. The van der Waals surface area contributed by atoms with Gasteiger partial charge in [-0.2, -0.15) is 0 Å². The zero-order valence-electron chi connectivity index (χ0n) is 14.7. The molecule has 0 atom stereocenters. The Kier molecular flexibility index (Phi) is 3.95. The number of hydrogen-bond donors (Lipinski definition) is 0. The van der Waals surface area contributed by atoms with Crippen molar-refractivity contribution in [1.29, 1.82) is 0 Å². The number of hydrogen-bond acceptors (Lipinski definition) is 7. The molecule has 134 valence electrons. The van der Waals surface area contributed by atoms with Crippen molar-refractivity contribution < 1.29 is 9.55 Å². The molecule has 1 aliphatic heterocycles. The van der Waals surface area contributed by atoms with E-state index in [2.05, 4.69) is 52.2 Å². The topological polar surface area (TPSA) is 88.5 Å². The number of benzene rings is 2. The molecule has 2 aromatic carbocycles. The molecule has 1 aromatic heterocycles. The summed E-state index contributed by atoms with van der Waals surface area (Å²) in [5.41, 5.74) is 5.19. The highest BCUT2D eigenvalue weighted by atomic mass is 16.6. The number of nitro benzene ring substituents is 1. The molecule has 1 fully saturated rings. The fourth-order valence-electron chi connectivity index (χ4n) is 3.37. The maximum absolute atomic E-state index is 11.1. The number of aryl methyl sites for hydroxylation is 2. The van der Waals surface area contributed by atoms with Crippen LogP contribution in [0.4, 0.5) is 17.1 Å². The molecule has 0 bridgehead atoms. The molecule has 0 unspecified atom stereocenters. The van der Waals surface area contributed by atoms with Crippen LogP contribution in [0, 0.1) is 24.0 Å². The van der Waals surface area contributed by atoms with Gasteiger partial charge >= 0.3 is 5.69 Å². The molecule has 8 heteroatoms. The van der Waals surface area contributed by atoms with Crippen LogP contribution >= 0.6 is 0 Å². The quantitative estimate of drug-likeness (QED) is 0.528. The summed E-state index contributed by atoms with van der Waals surface area (Å²) >= 11 is 0. The van der Waals surface area contributed by atoms with Gasteiger partial charge in [0.05, 0.1) is 10.6 Å². The molecule has 0 N–H and O–H groups in total. The summed E-state index contributed by atoms with van der Waals surface area (Å²) in [5.74, 6) is 0. The van der Waals surface area contributed by atoms with Gasteiger partial charge in [0.1, 0.15) is 0 Å². The monoisotopic (exact) mass is 353 g/mol. The average Bonchev–Trinajstić information content (AvgIpc) is 3.13. The second kappa shape index (κ2) is 6.29. The summed E-state index contributed by atoms with van der Waals surface area (Å²) < 4.78 is 4.76. The standard InChI is InChI=1S/C18H19N5O3/c1-12-3-4-14(11-13(12)2)21-7-9-22(10-8-21)15-5-6-16(23(24)25)18-17(15)19-26-20-18/h3-6,11H,7-10H2,1-2H3. The number of non-ortho nitro benzene ring substituents is 1. The Bertz CT molecular complexity index is 976. The van der Waals surface area contributed by atoms with Crippen LogP contribution in [0.5, 0.6) is 0 Å². The normalized spacial score (nSPS) is 14.8. The fraction of sp³-hybridized carbons (Fsp3) is 0.333. The molecule has 26 heavy (non-hydrogen) atoms. The Labute approximate surface area is 150 Å². The Balaban J connectivity index is 1.56. The van der Waals surface area contributed by atoms with Crippen molar-refractivity contribution in [2.75, 3.05) is 36.0 Å². The summed E-state index contributed by atoms with van der Waals surface area (Å²) in [6.07, 6.45) is 0. The smallest absolute Gasteiger partial charge is 0.300 e. The third kappa shape index (κ3) is 2.73. The number of nitrogens with zero attached hydrogens (tertiary/aromatic N) is 5. The molecule has 0 spiro atoms. The van der Waals surface area contributed by atoms with Crippen molar-refractivity contribution in [3.05, 3.63) is 51.6 Å². The Morgan fingerprint density at radius 1 is 0.962 bits per heavy atom. The largest absolute Gasteiger partial charge is 0.368 e. The van der Waals surface area contributed by atoms with Gasteiger partial charge in [0.15, 0.2) is 5.52 Å². The highest BCUT2D eigenvalue weighted by Gasteiger charge is 2.25. The van der Waals surface area contributed by atoms with Crippen LogP contribution in [-0.2, 0) is 0 Å². The van der Waals surface area contributed by atoms with Gasteiger partial charge in [0, 0.05) is 37.9 Å². The Morgan fingerprint density at radius 2 is 1.65 bits per heavy atom. The van der Waals surface area contributed by atoms with Gasteiger partial charge < -0.3 is 9.80 Å². The highest BCUT2D eigenvalue weighted by molar-refractivity contribution is 5.93. The SMILES string of the molecule is Cc1ccc(N2CCN(c3ccc([N+](=O)[O-])c4nonc34)CC2)cc1C. The van der Waals surface area contributed by atoms with E-state index in [-0.39, 0.29) is 11.2 Å². The molecular weight excluding hydrogens is 334 g/mol. The first-order valence-electron chi connectivity index (χ1n) is 8.51. The minimum Gasteiger partial charge on any atom is -0.368 e. The van der Waals surface area contributed by atoms with Gasteiger partial charge in [0.25, 0.3) is 0 Å². The van der Waals surface area contributed by atoms with E-state index in [1.165, 1.54) is 22.9 Å². The van der Waals surface area contributed by atoms with E-state index in [1.807, 2.05) is 0 Å². The molecular formula is C18H19N5O3. The lowest BCUT2D eigenvalue weighted by atomic mass is 10.1. The first-order chi connectivity index (χ1) is 12.5. The summed E-state index contributed by atoms with van der Waals surface area (Å²) in [6, 6.07) is 9.73. The van der Waals surface area contributed by atoms with Gasteiger partial charge in [-0.25, -0.2) is 4.63 Å². The molecule has 8 nitrogen and oxygen atoms in total. The van der Waals surface area contributed by atoms with Crippen LogP contribution in [0.1, 0.15) is 11.1 Å². The molecule has 0 aliphatic carbocycles. The number of aromatic nitrogens is 2. The molecule has 0 saturated carbocycles. The lowest BCUT2D eigenvalue weighted by molar-refractivity contribution is -0.383. The number of anilines is 2. The summed E-state index contributed by atoms with van der Waals surface area (Å²) in [5, 5.41) is 18.7. The maximum atomic E-state index is 11.1. The molecule has 1 aliphatic rings. The van der Waals surface area contributed by atoms with Crippen LogP contribution in [0.2, 0.25) is 0 Å². The third-order valence-electron chi connectivity index (χ3n) is 5.05. The maximum Gasteiger partial charge on any atom is 0.300 e. The van der Waals surface area contributed by atoms with Crippen molar-refractivity contribution in [1.82, 2.24) is 10.3 Å². The zero-order valence-corrected chi connectivity index (χ0v) is 14.7. The van der Waals surface area contributed by atoms with Crippen LogP contribution in [0.15, 0.2) is 35.0 Å². The van der Waals surface area contributed by atoms with Gasteiger partial charge in [-0.3, -0.25) is 10.1 Å². The summed E-state index contributed by atoms with van der Waals surface area (Å²) in [6.45, 7) is 7.57. The first-order valence-corrected chi connectivity index (χ1v) is 8.51. The van der Waals surface area contributed by atoms with Crippen LogP contribution < -0.4 is 9.80 Å². The zero-order chi connectivity index (χ0) is 18.3. The minimum absolute atomic E-state index is 0.0845. The van der Waals surface area contributed by atoms with Crippen LogP contribution in [0.3, 0.4) is 0 Å². The van der Waals surface area contributed by atoms with Crippen molar-refractivity contribution in [2.45, 2.75) is 13.8 Å². The van der Waals surface area contributed by atoms with E-state index in [9.17, 15) is 10.1 Å². The lowest BCUT2D eigenvalue weighted by Crippen LogP contribution is -2.46. The van der Waals surface area contributed by atoms with E-state index in [4.69, 9.17) is 4.63 Å². The van der Waals surface area contributed by atoms with Crippen molar-refractivity contribution >= 4 is 28.1 Å². The fourth-order valence-corrected chi connectivity index (χ4v) is 3.37. The first kappa shape index (κ1) is 16.3. The number of nitro groups is 1. The lowest BCUT2D eigenvalue weighted by Gasteiger charge is -2.37. The van der Waals surface area contributed by atoms with E-state index in [0.717, 1.165) is 31.9 Å². The third-order valence-corrected chi connectivity index (χ3v) is 5.05. The molecule has 4 rings (SSSR count). The predicted octanol–water partition coefficient (Wildman–Crippen LogP) is 3.07. The van der Waals surface area contributed by atoms with E-state index < -0.39 is 4.92 Å². The highest BCUT2D eigenvalue weighted by Crippen LogP contribution is 2.32. The minimum atomic E-state index is -0.464. The van der Waals surface area contributed by atoms with Gasteiger partial charge in [0.2, 0.25) is 5.52 Å². The van der Waals surface area contributed by atoms with Crippen LogP contribution in [-0.4, -0.2) is 41.4 Å². The Hall–Kier alpha value is -3.16. The number of rotatable bonds is 3. The molecule has 0 amide bonds. The summed E-state index contributed by atoms with van der Waals surface area (Å²) in [4.78, 5) is 15.2. The number of piperazine rings is 1. The number of fused-ring (bicyclic) bond motifs is 1. The van der Waals surface area contributed by atoms with Gasteiger partial charge in [-0.05, 0) is 53.5 Å². The molecule has 2 heterocycles. The second-order valence-corrected chi connectivity index (χ2v) is 6.57. The van der Waals surface area contributed by atoms with Gasteiger partial charge in [-0.15, -0.1) is 0 Å². The molecule has 0 radical (unpaired) electrons. The Morgan fingerprint density at radius 3 is 2.35 bits per heavy atom. The second-order valence-electron chi connectivity index (χ2n) is 6.57. The van der Waals surface area contributed by atoms with Gasteiger partial charge in [-0.1, -0.05) is 6.07 Å².